The topological polar surface area (TPSA) is 48.1 Å². The molecule has 94 valence electrons. The van der Waals surface area contributed by atoms with E-state index in [-0.39, 0.29) is 0 Å². The van der Waals surface area contributed by atoms with Gasteiger partial charge in [0.1, 0.15) is 5.75 Å². The number of fused-ring (bicyclic) bond motifs is 1. The zero-order chi connectivity index (χ0) is 12.7. The van der Waals surface area contributed by atoms with Gasteiger partial charge in [-0.3, -0.25) is 5.14 Å². The second kappa shape index (κ2) is 7.53. The van der Waals surface area contributed by atoms with E-state index in [0.717, 1.165) is 20.3 Å². The summed E-state index contributed by atoms with van der Waals surface area (Å²) in [5.74, 6) is 0.886. The Bertz CT molecular complexity index is 457. The summed E-state index contributed by atoms with van der Waals surface area (Å²) < 4.78 is 7.40. The average molecular weight is 270 g/mol. The predicted molar refractivity (Wildman–Crippen MR) is 76.8 cm³/mol. The highest BCUT2D eigenvalue weighted by molar-refractivity contribution is 7.99. The first kappa shape index (κ1) is 14.3. The van der Waals surface area contributed by atoms with Crippen molar-refractivity contribution in [3.05, 3.63) is 18.2 Å². The highest BCUT2D eigenvalue weighted by Gasteiger charge is 2.03. The molecule has 17 heavy (non-hydrogen) atoms. The first-order valence-corrected chi connectivity index (χ1v) is 7.34. The Morgan fingerprint density at radius 1 is 1.35 bits per heavy atom. The number of thiazole rings is 1. The van der Waals surface area contributed by atoms with Crippen LogP contribution in [0.5, 0.6) is 5.75 Å². The molecule has 2 rings (SSSR count). The van der Waals surface area contributed by atoms with E-state index in [2.05, 4.69) is 18.8 Å². The molecule has 1 aromatic carbocycles. The van der Waals surface area contributed by atoms with Crippen molar-refractivity contribution in [2.24, 2.45) is 5.14 Å². The summed E-state index contributed by atoms with van der Waals surface area (Å²) in [6.07, 6.45) is 1.25. The molecule has 5 heteroatoms. The van der Waals surface area contributed by atoms with Gasteiger partial charge >= 0.3 is 0 Å². The molecule has 1 heterocycles. The maximum atomic E-state index is 5.44. The Morgan fingerprint density at radius 2 is 2.06 bits per heavy atom. The molecule has 0 fully saturated rings. The predicted octanol–water partition coefficient (Wildman–Crippen LogP) is 4.08. The van der Waals surface area contributed by atoms with Crippen molar-refractivity contribution in [3.63, 3.8) is 0 Å². The van der Waals surface area contributed by atoms with Crippen molar-refractivity contribution in [3.8, 4) is 5.75 Å². The molecule has 3 nitrogen and oxygen atoms in total. The van der Waals surface area contributed by atoms with Gasteiger partial charge in [-0.05, 0) is 37.1 Å². The van der Waals surface area contributed by atoms with Crippen LogP contribution in [0.3, 0.4) is 0 Å². The molecule has 1 aromatic heterocycles. The largest absolute Gasteiger partial charge is 0.494 e. The number of nitrogens with zero attached hydrogens (tertiary/aromatic N) is 1. The van der Waals surface area contributed by atoms with Gasteiger partial charge in [-0.25, -0.2) is 4.98 Å². The highest BCUT2D eigenvalue weighted by Crippen LogP contribution is 2.29. The normalized spacial score (nSPS) is 9.88. The molecule has 0 saturated heterocycles. The third-order valence-electron chi connectivity index (χ3n) is 1.75. The second-order valence-electron chi connectivity index (χ2n) is 3.37. The van der Waals surface area contributed by atoms with E-state index < -0.39 is 0 Å². The van der Waals surface area contributed by atoms with E-state index in [1.54, 1.807) is 11.3 Å². The fourth-order valence-corrected chi connectivity index (χ4v) is 2.53. The minimum atomic E-state index is 0.683. The number of hydrogen-bond acceptors (Lipinski definition) is 5. The van der Waals surface area contributed by atoms with Crippen molar-refractivity contribution in [1.82, 2.24) is 4.98 Å². The van der Waals surface area contributed by atoms with Crippen molar-refractivity contribution in [1.29, 1.82) is 0 Å². The van der Waals surface area contributed by atoms with Gasteiger partial charge in [0, 0.05) is 0 Å². The summed E-state index contributed by atoms with van der Waals surface area (Å²) in [7, 11) is 0. The van der Waals surface area contributed by atoms with Crippen LogP contribution in [0.15, 0.2) is 22.5 Å². The Balaban J connectivity index is 0.000000437. The van der Waals surface area contributed by atoms with E-state index in [1.807, 2.05) is 25.1 Å². The number of benzene rings is 1. The number of hydrogen-bond donors (Lipinski definition) is 1. The van der Waals surface area contributed by atoms with Crippen molar-refractivity contribution in [2.75, 3.05) is 6.61 Å². The Labute approximate surface area is 111 Å². The number of nitrogens with two attached hydrogens (primary N) is 1. The summed E-state index contributed by atoms with van der Waals surface area (Å²) in [6.45, 7) is 6.90. The molecular weight excluding hydrogens is 252 g/mol. The lowest BCUT2D eigenvalue weighted by Crippen LogP contribution is -1.89. The van der Waals surface area contributed by atoms with Gasteiger partial charge < -0.3 is 4.74 Å². The monoisotopic (exact) mass is 270 g/mol. The van der Waals surface area contributed by atoms with Crippen LogP contribution in [0.2, 0.25) is 0 Å². The maximum Gasteiger partial charge on any atom is 0.165 e. The summed E-state index contributed by atoms with van der Waals surface area (Å²) in [6, 6.07) is 5.88. The van der Waals surface area contributed by atoms with Gasteiger partial charge in [-0.15, -0.1) is 11.3 Å². The van der Waals surface area contributed by atoms with Gasteiger partial charge in [0.25, 0.3) is 0 Å². The van der Waals surface area contributed by atoms with E-state index in [1.165, 1.54) is 18.4 Å². The van der Waals surface area contributed by atoms with Crippen molar-refractivity contribution < 1.29 is 4.74 Å². The van der Waals surface area contributed by atoms with Gasteiger partial charge in [0.15, 0.2) is 4.34 Å². The minimum Gasteiger partial charge on any atom is -0.494 e. The van der Waals surface area contributed by atoms with Gasteiger partial charge in [-0.1, -0.05) is 20.3 Å². The van der Waals surface area contributed by atoms with Crippen LogP contribution in [0.25, 0.3) is 10.2 Å². The lowest BCUT2D eigenvalue weighted by Gasteiger charge is -2.00. The zero-order valence-corrected chi connectivity index (χ0v) is 12.0. The molecule has 0 amide bonds. The van der Waals surface area contributed by atoms with E-state index in [4.69, 9.17) is 9.88 Å². The first-order chi connectivity index (χ1) is 8.24. The SMILES string of the molecule is CCC.CCOc1ccc2nc(SN)sc2c1. The minimum absolute atomic E-state index is 0.683. The Hall–Kier alpha value is -0.780. The molecule has 0 aliphatic heterocycles. The highest BCUT2D eigenvalue weighted by atomic mass is 32.2. The number of ether oxygens (including phenoxy) is 1. The molecule has 0 aliphatic rings. The van der Waals surface area contributed by atoms with Crippen LogP contribution < -0.4 is 9.88 Å². The summed E-state index contributed by atoms with van der Waals surface area (Å²) in [5.41, 5.74) is 0.978. The molecule has 2 N–H and O–H groups in total. The molecule has 0 bridgehead atoms. The maximum absolute atomic E-state index is 5.44. The van der Waals surface area contributed by atoms with Crippen molar-refractivity contribution in [2.45, 2.75) is 31.5 Å². The first-order valence-electron chi connectivity index (χ1n) is 5.65. The zero-order valence-electron chi connectivity index (χ0n) is 10.4. The molecule has 0 saturated carbocycles. The molecule has 0 atom stereocenters. The summed E-state index contributed by atoms with van der Waals surface area (Å²) >= 11 is 2.76. The van der Waals surface area contributed by atoms with E-state index in [0.29, 0.717) is 6.61 Å². The van der Waals surface area contributed by atoms with E-state index in [9.17, 15) is 0 Å². The van der Waals surface area contributed by atoms with Gasteiger partial charge in [0.05, 0.1) is 16.8 Å². The Kier molecular flexibility index (Phi) is 6.32. The molecular formula is C12H18N2OS2. The lowest BCUT2D eigenvalue weighted by atomic mass is 10.3. The number of rotatable bonds is 3. The average Bonchev–Trinajstić information content (AvgIpc) is 2.72. The number of aromatic nitrogens is 1. The fourth-order valence-electron chi connectivity index (χ4n) is 1.19. The van der Waals surface area contributed by atoms with Crippen LogP contribution >= 0.6 is 23.3 Å². The summed E-state index contributed by atoms with van der Waals surface area (Å²) in [4.78, 5) is 4.33. The molecule has 0 unspecified atom stereocenters. The van der Waals surface area contributed by atoms with Crippen LogP contribution in [0, 0.1) is 0 Å². The fraction of sp³-hybridized carbons (Fsp3) is 0.417. The van der Waals surface area contributed by atoms with Crippen LogP contribution in [-0.2, 0) is 0 Å². The second-order valence-corrected chi connectivity index (χ2v) is 5.28. The van der Waals surface area contributed by atoms with Crippen LogP contribution in [0.1, 0.15) is 27.2 Å². The lowest BCUT2D eigenvalue weighted by molar-refractivity contribution is 0.341. The molecule has 0 radical (unpaired) electrons. The van der Waals surface area contributed by atoms with Gasteiger partial charge in [-0.2, -0.15) is 0 Å². The summed E-state index contributed by atoms with van der Waals surface area (Å²) in [5, 5.41) is 5.44. The smallest absolute Gasteiger partial charge is 0.165 e. The third kappa shape index (κ3) is 4.18. The third-order valence-corrected chi connectivity index (χ3v) is 3.40. The van der Waals surface area contributed by atoms with Crippen LogP contribution in [0.4, 0.5) is 0 Å². The molecule has 0 spiro atoms. The molecule has 0 aliphatic carbocycles. The molecule has 2 aromatic rings. The van der Waals surface area contributed by atoms with Crippen LogP contribution in [-0.4, -0.2) is 11.6 Å². The van der Waals surface area contributed by atoms with Crippen molar-refractivity contribution >= 4 is 33.5 Å². The standard InChI is InChI=1S/C9H10N2OS2.C3H8/c1-2-12-6-3-4-7-8(5-6)13-9(11-7)14-10;1-3-2/h3-5H,2,10H2,1H3;3H2,1-2H3. The quantitative estimate of drug-likeness (QED) is 0.854. The van der Waals surface area contributed by atoms with Gasteiger partial charge in [0.2, 0.25) is 0 Å². The Morgan fingerprint density at radius 3 is 2.65 bits per heavy atom. The van der Waals surface area contributed by atoms with E-state index >= 15 is 0 Å².